The van der Waals surface area contributed by atoms with Crippen molar-refractivity contribution in [2.45, 2.75) is 6.61 Å². The molecule has 9 nitrogen and oxygen atoms in total. The van der Waals surface area contributed by atoms with Crippen LogP contribution in [0.15, 0.2) is 34.2 Å². The van der Waals surface area contributed by atoms with Crippen molar-refractivity contribution >= 4 is 22.4 Å². The van der Waals surface area contributed by atoms with Crippen molar-refractivity contribution in [2.24, 2.45) is 0 Å². The summed E-state index contributed by atoms with van der Waals surface area (Å²) in [7, 11) is 1.49. The molecule has 2 aromatic heterocycles. The van der Waals surface area contributed by atoms with Gasteiger partial charge in [-0.1, -0.05) is 0 Å². The Hall–Kier alpha value is -3.20. The highest BCUT2D eigenvalue weighted by Crippen LogP contribution is 2.29. The van der Waals surface area contributed by atoms with Gasteiger partial charge in [0.1, 0.15) is 23.6 Å². The van der Waals surface area contributed by atoms with E-state index in [1.807, 2.05) is 0 Å². The number of benzene rings is 1. The van der Waals surface area contributed by atoms with Gasteiger partial charge in [-0.15, -0.1) is 0 Å². The van der Waals surface area contributed by atoms with Crippen LogP contribution in [0.3, 0.4) is 0 Å². The number of hydrogen-bond acceptors (Lipinski definition) is 7. The fourth-order valence-corrected chi connectivity index (χ4v) is 2.17. The van der Waals surface area contributed by atoms with Gasteiger partial charge < -0.3 is 20.1 Å². The van der Waals surface area contributed by atoms with E-state index in [0.29, 0.717) is 28.0 Å². The number of fused-ring (bicyclic) bond motifs is 1. The molecule has 1 aromatic carbocycles. The zero-order valence-electron chi connectivity index (χ0n) is 12.1. The first-order chi connectivity index (χ1) is 11.1. The minimum atomic E-state index is -0.595. The van der Waals surface area contributed by atoms with Crippen LogP contribution >= 0.6 is 0 Å². The second kappa shape index (κ2) is 5.89. The van der Waals surface area contributed by atoms with Gasteiger partial charge in [-0.05, 0) is 12.1 Å². The third-order valence-corrected chi connectivity index (χ3v) is 3.28. The van der Waals surface area contributed by atoms with Gasteiger partial charge in [0, 0.05) is 17.1 Å². The molecule has 2 heterocycles. The first-order valence-electron chi connectivity index (χ1n) is 6.64. The molecule has 3 aromatic rings. The maximum atomic E-state index is 11.8. The molecule has 118 valence electrons. The molecular formula is C14H13N5O4. The number of nitrogens with one attached hydrogen (secondary N) is 3. The first kappa shape index (κ1) is 14.7. The van der Waals surface area contributed by atoms with Crippen molar-refractivity contribution in [3.8, 4) is 5.75 Å². The topological polar surface area (TPSA) is 133 Å². The Kier molecular flexibility index (Phi) is 3.77. The lowest BCUT2D eigenvalue weighted by atomic mass is 10.1. The summed E-state index contributed by atoms with van der Waals surface area (Å²) in [5.41, 5.74) is 0.136. The molecule has 0 fully saturated rings. The third-order valence-electron chi connectivity index (χ3n) is 3.28. The number of anilines is 2. The minimum Gasteiger partial charge on any atom is -0.496 e. The van der Waals surface area contributed by atoms with Crippen LogP contribution in [0.2, 0.25) is 0 Å². The highest BCUT2D eigenvalue weighted by molar-refractivity contribution is 5.92. The number of ether oxygens (including phenoxy) is 1. The SMILES string of the molecule is COc1cc2c(Nc3c[nH]c(=O)[nH]c3=O)ncnc2cc1CO. The van der Waals surface area contributed by atoms with Crippen molar-refractivity contribution in [2.75, 3.05) is 12.4 Å². The van der Waals surface area contributed by atoms with Gasteiger partial charge in [-0.3, -0.25) is 9.78 Å². The van der Waals surface area contributed by atoms with Crippen LogP contribution in [-0.2, 0) is 6.61 Å². The Labute approximate surface area is 129 Å². The molecule has 0 unspecified atom stereocenters. The van der Waals surface area contributed by atoms with Gasteiger partial charge in [-0.2, -0.15) is 0 Å². The highest BCUT2D eigenvalue weighted by atomic mass is 16.5. The van der Waals surface area contributed by atoms with E-state index >= 15 is 0 Å². The van der Waals surface area contributed by atoms with Crippen LogP contribution in [0.5, 0.6) is 5.75 Å². The highest BCUT2D eigenvalue weighted by Gasteiger charge is 2.11. The van der Waals surface area contributed by atoms with E-state index in [1.54, 1.807) is 12.1 Å². The van der Waals surface area contributed by atoms with E-state index in [1.165, 1.54) is 19.6 Å². The standard InChI is InChI=1S/C14H13N5O4/c1-23-11-3-8-9(2-7(11)5-20)16-6-17-12(8)18-10-4-15-14(22)19-13(10)21/h2-4,6,20H,5H2,1H3,(H,16,17,18)(H2,15,19,21,22). The summed E-state index contributed by atoms with van der Waals surface area (Å²) in [6.07, 6.45) is 2.59. The van der Waals surface area contributed by atoms with Gasteiger partial charge in [0.2, 0.25) is 0 Å². The van der Waals surface area contributed by atoms with Gasteiger partial charge in [-0.25, -0.2) is 14.8 Å². The molecule has 4 N–H and O–H groups in total. The van der Waals surface area contributed by atoms with Crippen molar-refractivity contribution in [3.63, 3.8) is 0 Å². The molecule has 0 aliphatic carbocycles. The van der Waals surface area contributed by atoms with Crippen LogP contribution in [0, 0.1) is 0 Å². The van der Waals surface area contributed by atoms with E-state index in [9.17, 15) is 14.7 Å². The van der Waals surface area contributed by atoms with E-state index in [-0.39, 0.29) is 12.3 Å². The molecule has 3 rings (SSSR count). The molecule has 0 saturated carbocycles. The smallest absolute Gasteiger partial charge is 0.325 e. The number of rotatable bonds is 4. The predicted molar refractivity (Wildman–Crippen MR) is 83.0 cm³/mol. The van der Waals surface area contributed by atoms with E-state index in [2.05, 4.69) is 25.3 Å². The van der Waals surface area contributed by atoms with Crippen molar-refractivity contribution in [1.82, 2.24) is 19.9 Å². The summed E-state index contributed by atoms with van der Waals surface area (Å²) in [4.78, 5) is 35.6. The Morgan fingerprint density at radius 2 is 2.13 bits per heavy atom. The van der Waals surface area contributed by atoms with Gasteiger partial charge in [0.05, 0.1) is 19.2 Å². The van der Waals surface area contributed by atoms with Crippen LogP contribution in [-0.4, -0.2) is 32.2 Å². The first-order valence-corrected chi connectivity index (χ1v) is 6.64. The van der Waals surface area contributed by atoms with Crippen LogP contribution in [0.4, 0.5) is 11.5 Å². The van der Waals surface area contributed by atoms with Crippen molar-refractivity contribution in [3.05, 3.63) is 51.1 Å². The lowest BCUT2D eigenvalue weighted by Gasteiger charge is -2.11. The van der Waals surface area contributed by atoms with Gasteiger partial charge in [0.25, 0.3) is 5.56 Å². The monoisotopic (exact) mass is 315 g/mol. The van der Waals surface area contributed by atoms with Crippen molar-refractivity contribution in [1.29, 1.82) is 0 Å². The average Bonchev–Trinajstić information content (AvgIpc) is 2.56. The number of methoxy groups -OCH3 is 1. The average molecular weight is 315 g/mol. The second-order valence-electron chi connectivity index (χ2n) is 4.67. The summed E-state index contributed by atoms with van der Waals surface area (Å²) in [5, 5.41) is 12.8. The molecule has 0 saturated heterocycles. The summed E-state index contributed by atoms with van der Waals surface area (Å²) in [5.74, 6) is 0.851. The Morgan fingerprint density at radius 3 is 2.83 bits per heavy atom. The lowest BCUT2D eigenvalue weighted by Crippen LogP contribution is -2.23. The minimum absolute atomic E-state index is 0.134. The molecule has 0 amide bonds. The molecule has 0 aliphatic rings. The number of aliphatic hydroxyl groups is 1. The molecular weight excluding hydrogens is 302 g/mol. The zero-order chi connectivity index (χ0) is 16.4. The number of aliphatic hydroxyl groups excluding tert-OH is 1. The summed E-state index contributed by atoms with van der Waals surface area (Å²) in [6.45, 7) is -0.189. The van der Waals surface area contributed by atoms with Crippen LogP contribution in [0.25, 0.3) is 10.9 Å². The predicted octanol–water partition coefficient (Wildman–Crippen LogP) is 0.251. The molecule has 0 spiro atoms. The zero-order valence-corrected chi connectivity index (χ0v) is 12.1. The molecule has 0 aliphatic heterocycles. The van der Waals surface area contributed by atoms with E-state index in [0.717, 1.165) is 0 Å². The molecule has 0 radical (unpaired) electrons. The number of H-pyrrole nitrogens is 2. The normalized spacial score (nSPS) is 10.7. The molecule has 23 heavy (non-hydrogen) atoms. The van der Waals surface area contributed by atoms with E-state index < -0.39 is 11.2 Å². The maximum absolute atomic E-state index is 11.8. The second-order valence-corrected chi connectivity index (χ2v) is 4.67. The fourth-order valence-electron chi connectivity index (χ4n) is 2.17. The number of hydrogen-bond donors (Lipinski definition) is 4. The quantitative estimate of drug-likeness (QED) is 0.542. The Bertz CT molecular complexity index is 979. The lowest BCUT2D eigenvalue weighted by molar-refractivity contribution is 0.274. The van der Waals surface area contributed by atoms with Gasteiger partial charge >= 0.3 is 5.69 Å². The largest absolute Gasteiger partial charge is 0.496 e. The van der Waals surface area contributed by atoms with Crippen molar-refractivity contribution < 1.29 is 9.84 Å². The Morgan fingerprint density at radius 1 is 1.30 bits per heavy atom. The van der Waals surface area contributed by atoms with Crippen LogP contribution < -0.4 is 21.3 Å². The summed E-state index contributed by atoms with van der Waals surface area (Å²) < 4.78 is 5.23. The summed E-state index contributed by atoms with van der Waals surface area (Å²) >= 11 is 0. The fraction of sp³-hybridized carbons (Fsp3) is 0.143. The number of nitrogens with zero attached hydrogens (tertiary/aromatic N) is 2. The van der Waals surface area contributed by atoms with E-state index in [4.69, 9.17) is 4.74 Å². The van der Waals surface area contributed by atoms with Gasteiger partial charge in [0.15, 0.2) is 0 Å². The number of aromatic amines is 2. The third kappa shape index (κ3) is 2.77. The summed E-state index contributed by atoms with van der Waals surface area (Å²) in [6, 6.07) is 3.35. The molecule has 0 bridgehead atoms. The Balaban J connectivity index is 2.14. The molecule has 0 atom stereocenters. The molecule has 9 heteroatoms. The maximum Gasteiger partial charge on any atom is 0.325 e. The van der Waals surface area contributed by atoms with Crippen LogP contribution in [0.1, 0.15) is 5.56 Å². The number of aromatic nitrogens is 4.